The Balaban J connectivity index is 2.12. The number of nitrogens with zero attached hydrogens (tertiary/aromatic N) is 1. The lowest BCUT2D eigenvalue weighted by Crippen LogP contribution is -2.07. The number of aromatic nitrogens is 1. The normalized spacial score (nSPS) is 10.5. The van der Waals surface area contributed by atoms with Gasteiger partial charge in [-0.1, -0.05) is 0 Å². The van der Waals surface area contributed by atoms with Crippen molar-refractivity contribution in [2.75, 3.05) is 26.9 Å². The van der Waals surface area contributed by atoms with Crippen LogP contribution in [-0.2, 0) is 16.0 Å². The summed E-state index contributed by atoms with van der Waals surface area (Å²) in [5.74, 6) is 0. The van der Waals surface area contributed by atoms with Crippen LogP contribution in [0.15, 0.2) is 18.3 Å². The summed E-state index contributed by atoms with van der Waals surface area (Å²) >= 11 is 0. The number of ether oxygens (including phenoxy) is 2. The zero-order chi connectivity index (χ0) is 10.9. The molecule has 4 nitrogen and oxygen atoms in total. The van der Waals surface area contributed by atoms with Gasteiger partial charge in [-0.25, -0.2) is 0 Å². The maximum absolute atomic E-state index is 10.6. The largest absolute Gasteiger partial charge is 0.382 e. The van der Waals surface area contributed by atoms with E-state index in [-0.39, 0.29) is 0 Å². The molecule has 1 heterocycles. The monoisotopic (exact) mass is 211 g/mol. The van der Waals surface area contributed by atoms with Gasteiger partial charge in [0.15, 0.2) is 6.29 Å². The third-order valence-corrected chi connectivity index (χ3v) is 2.10. The molecule has 1 rings (SSSR count). The lowest BCUT2D eigenvalue weighted by molar-refractivity contribution is 0.0679. The van der Waals surface area contributed by atoms with Gasteiger partial charge in [-0.05, 0) is 18.6 Å². The third-order valence-electron chi connectivity index (χ3n) is 2.10. The summed E-state index contributed by atoms with van der Waals surface area (Å²) in [6.45, 7) is 2.76. The molecule has 4 heteroatoms. The Hall–Kier alpha value is -1.13. The third kappa shape index (κ3) is 4.27. The molecule has 0 spiro atoms. The smallest absolute Gasteiger partial charge is 0.166 e. The summed E-state index contributed by atoms with van der Waals surface area (Å²) in [5.41, 5.74) is 0.715. The number of rotatable bonds is 8. The van der Waals surface area contributed by atoms with Crippen LogP contribution < -0.4 is 0 Å². The van der Waals surface area contributed by atoms with Crippen molar-refractivity contribution in [3.8, 4) is 0 Å². The van der Waals surface area contributed by atoms with Gasteiger partial charge in [-0.2, -0.15) is 0 Å². The molecule has 0 saturated carbocycles. The molecule has 84 valence electrons. The summed E-state index contributed by atoms with van der Waals surface area (Å²) < 4.78 is 12.1. The summed E-state index contributed by atoms with van der Waals surface area (Å²) in [7, 11) is 1.65. The second-order valence-corrected chi connectivity index (χ2v) is 3.20. The lowest BCUT2D eigenvalue weighted by atomic mass is 10.4. The molecule has 0 atom stereocenters. The van der Waals surface area contributed by atoms with Crippen LogP contribution in [0.4, 0.5) is 0 Å². The molecule has 1 aromatic heterocycles. The number of aldehydes is 1. The first-order valence-corrected chi connectivity index (χ1v) is 5.05. The molecule has 0 aliphatic carbocycles. The minimum absolute atomic E-state index is 0.628. The summed E-state index contributed by atoms with van der Waals surface area (Å²) in [4.78, 5) is 10.6. The Bertz CT molecular complexity index is 283. The molecule has 0 amide bonds. The van der Waals surface area contributed by atoms with E-state index in [0.29, 0.717) is 25.5 Å². The highest BCUT2D eigenvalue weighted by atomic mass is 16.5. The van der Waals surface area contributed by atoms with Gasteiger partial charge in [0, 0.05) is 26.5 Å². The quantitative estimate of drug-likeness (QED) is 0.481. The van der Waals surface area contributed by atoms with E-state index < -0.39 is 0 Å². The molecule has 0 saturated heterocycles. The number of aryl methyl sites for hydroxylation is 1. The molecule has 0 aliphatic heterocycles. The van der Waals surface area contributed by atoms with Crippen molar-refractivity contribution in [2.45, 2.75) is 13.0 Å². The van der Waals surface area contributed by atoms with Crippen molar-refractivity contribution in [1.82, 2.24) is 4.57 Å². The molecule has 0 bridgehead atoms. The Morgan fingerprint density at radius 3 is 3.00 bits per heavy atom. The maximum Gasteiger partial charge on any atom is 0.166 e. The van der Waals surface area contributed by atoms with E-state index in [1.54, 1.807) is 13.2 Å². The van der Waals surface area contributed by atoms with Crippen molar-refractivity contribution in [2.24, 2.45) is 0 Å². The second kappa shape index (κ2) is 7.20. The Morgan fingerprint density at radius 2 is 2.27 bits per heavy atom. The second-order valence-electron chi connectivity index (χ2n) is 3.20. The molecule has 0 N–H and O–H groups in total. The average Bonchev–Trinajstić information content (AvgIpc) is 2.70. The first-order valence-electron chi connectivity index (χ1n) is 5.05. The van der Waals surface area contributed by atoms with Crippen molar-refractivity contribution in [3.63, 3.8) is 0 Å². The lowest BCUT2D eigenvalue weighted by Gasteiger charge is -2.06. The Morgan fingerprint density at radius 1 is 1.40 bits per heavy atom. The van der Waals surface area contributed by atoms with Gasteiger partial charge < -0.3 is 14.0 Å². The first kappa shape index (κ1) is 11.9. The fourth-order valence-corrected chi connectivity index (χ4v) is 1.32. The van der Waals surface area contributed by atoms with Crippen LogP contribution in [0.2, 0.25) is 0 Å². The zero-order valence-electron chi connectivity index (χ0n) is 9.02. The van der Waals surface area contributed by atoms with Gasteiger partial charge >= 0.3 is 0 Å². The predicted molar refractivity (Wildman–Crippen MR) is 57.1 cm³/mol. The number of hydrogen-bond acceptors (Lipinski definition) is 3. The number of carbonyl (C=O) groups is 1. The van der Waals surface area contributed by atoms with E-state index in [2.05, 4.69) is 0 Å². The number of hydrogen-bond donors (Lipinski definition) is 0. The topological polar surface area (TPSA) is 40.5 Å². The fourth-order valence-electron chi connectivity index (χ4n) is 1.32. The van der Waals surface area contributed by atoms with Crippen molar-refractivity contribution in [1.29, 1.82) is 0 Å². The van der Waals surface area contributed by atoms with Gasteiger partial charge in [0.25, 0.3) is 0 Å². The van der Waals surface area contributed by atoms with Crippen LogP contribution in [0, 0.1) is 0 Å². The van der Waals surface area contributed by atoms with Crippen LogP contribution in [-0.4, -0.2) is 37.8 Å². The molecular weight excluding hydrogens is 194 g/mol. The summed E-state index contributed by atoms with van der Waals surface area (Å²) in [6, 6.07) is 3.67. The van der Waals surface area contributed by atoms with E-state index in [4.69, 9.17) is 9.47 Å². The van der Waals surface area contributed by atoms with E-state index in [0.717, 1.165) is 19.3 Å². The van der Waals surface area contributed by atoms with Gasteiger partial charge in [-0.3, -0.25) is 4.79 Å². The summed E-state index contributed by atoms with van der Waals surface area (Å²) in [5, 5.41) is 0. The molecular formula is C11H17NO3. The number of methoxy groups -OCH3 is 1. The molecule has 0 fully saturated rings. The van der Waals surface area contributed by atoms with Crippen LogP contribution in [0.5, 0.6) is 0 Å². The highest BCUT2D eigenvalue weighted by molar-refractivity contribution is 5.72. The molecule has 15 heavy (non-hydrogen) atoms. The molecule has 0 unspecified atom stereocenters. The van der Waals surface area contributed by atoms with Gasteiger partial charge in [0.2, 0.25) is 0 Å². The molecule has 0 radical (unpaired) electrons. The van der Waals surface area contributed by atoms with Crippen LogP contribution in [0.1, 0.15) is 16.9 Å². The van der Waals surface area contributed by atoms with E-state index in [1.165, 1.54) is 0 Å². The zero-order valence-corrected chi connectivity index (χ0v) is 9.02. The minimum atomic E-state index is 0.628. The van der Waals surface area contributed by atoms with Crippen molar-refractivity contribution >= 4 is 6.29 Å². The van der Waals surface area contributed by atoms with E-state index in [9.17, 15) is 4.79 Å². The molecule has 1 aromatic rings. The van der Waals surface area contributed by atoms with E-state index >= 15 is 0 Å². The van der Waals surface area contributed by atoms with Crippen molar-refractivity contribution in [3.05, 3.63) is 24.0 Å². The average molecular weight is 211 g/mol. The highest BCUT2D eigenvalue weighted by Gasteiger charge is 1.98. The van der Waals surface area contributed by atoms with Gasteiger partial charge in [-0.15, -0.1) is 0 Å². The van der Waals surface area contributed by atoms with E-state index in [1.807, 2.05) is 16.8 Å². The van der Waals surface area contributed by atoms with Crippen LogP contribution in [0.25, 0.3) is 0 Å². The highest BCUT2D eigenvalue weighted by Crippen LogP contribution is 2.00. The van der Waals surface area contributed by atoms with Gasteiger partial charge in [0.05, 0.1) is 18.9 Å². The molecule has 0 aromatic carbocycles. The summed E-state index contributed by atoms with van der Waals surface area (Å²) in [6.07, 6.45) is 3.67. The fraction of sp³-hybridized carbons (Fsp3) is 0.545. The van der Waals surface area contributed by atoms with Crippen LogP contribution in [0.3, 0.4) is 0 Å². The Labute approximate surface area is 89.8 Å². The first-order chi connectivity index (χ1) is 7.38. The van der Waals surface area contributed by atoms with Gasteiger partial charge in [0.1, 0.15) is 0 Å². The molecule has 0 aliphatic rings. The minimum Gasteiger partial charge on any atom is -0.382 e. The SMILES string of the molecule is COCCOCCCn1cccc1C=O. The standard InChI is InChI=1S/C11H17NO3/c1-14-8-9-15-7-3-6-12-5-2-4-11(12)10-13/h2,4-5,10H,3,6-9H2,1H3. The number of carbonyl (C=O) groups excluding carboxylic acids is 1. The predicted octanol–water partition coefficient (Wildman–Crippen LogP) is 1.35. The Kier molecular flexibility index (Phi) is 5.73. The van der Waals surface area contributed by atoms with Crippen LogP contribution >= 0.6 is 0 Å². The maximum atomic E-state index is 10.6. The van der Waals surface area contributed by atoms with Crippen molar-refractivity contribution < 1.29 is 14.3 Å².